The third kappa shape index (κ3) is 6.72. The van der Waals surface area contributed by atoms with Crippen molar-refractivity contribution in [2.45, 2.75) is 13.1 Å². The Balaban J connectivity index is 1.36. The molecule has 0 spiro atoms. The molecule has 4 aromatic rings. The number of hydrogen-bond acceptors (Lipinski definition) is 9. The molecular formula is C28H31F3N8O2S. The molecule has 1 aliphatic heterocycles. The molecule has 10 nitrogen and oxygen atoms in total. The average Bonchev–Trinajstić information content (AvgIpc) is 3.66. The van der Waals surface area contributed by atoms with Gasteiger partial charge in [0.1, 0.15) is 5.69 Å². The summed E-state index contributed by atoms with van der Waals surface area (Å²) in [6, 6.07) is 8.72. The number of benzene rings is 2. The van der Waals surface area contributed by atoms with Crippen LogP contribution in [0.15, 0.2) is 48.8 Å². The van der Waals surface area contributed by atoms with Crippen LogP contribution in [-0.4, -0.2) is 84.3 Å². The number of aromatic nitrogens is 4. The molecule has 2 aromatic heterocycles. The van der Waals surface area contributed by atoms with Crippen LogP contribution < -0.4 is 15.5 Å². The summed E-state index contributed by atoms with van der Waals surface area (Å²) in [7, 11) is 3.42. The summed E-state index contributed by atoms with van der Waals surface area (Å²) < 4.78 is 48.2. The van der Waals surface area contributed by atoms with Crippen molar-refractivity contribution in [3.63, 3.8) is 0 Å². The van der Waals surface area contributed by atoms with Gasteiger partial charge in [-0.2, -0.15) is 13.2 Å². The maximum Gasteiger partial charge on any atom is 0.416 e. The van der Waals surface area contributed by atoms with E-state index in [9.17, 15) is 18.0 Å². The first-order chi connectivity index (χ1) is 20.1. The fourth-order valence-electron chi connectivity index (χ4n) is 4.68. The maximum atomic E-state index is 13.8. The first-order valence-electron chi connectivity index (χ1n) is 13.3. The van der Waals surface area contributed by atoms with E-state index in [1.54, 1.807) is 55.5 Å². The van der Waals surface area contributed by atoms with Gasteiger partial charge in [0, 0.05) is 70.0 Å². The Kier molecular flexibility index (Phi) is 8.75. The van der Waals surface area contributed by atoms with Gasteiger partial charge < -0.3 is 20.3 Å². The molecule has 1 aliphatic rings. The van der Waals surface area contributed by atoms with Crippen molar-refractivity contribution < 1.29 is 22.7 Å². The number of methoxy groups -OCH3 is 1. The standard InChI is InChI=1S/C28H31F3N8O2S/c1-18-4-5-19(12-24(18)39-17-23(35-36-39)25-16-33-27(32-2)42-25)26(40)34-21-13-20(28(29,30)31)14-22(15-21)38-8-6-37(7-9-38)10-11-41-3/h4-5,12-17H,6-11H2,1-3H3,(H,32,33)(H,34,40). The molecular weight excluding hydrogens is 569 g/mol. The van der Waals surface area contributed by atoms with Crippen LogP contribution in [0.5, 0.6) is 0 Å². The Morgan fingerprint density at radius 1 is 1.12 bits per heavy atom. The third-order valence-corrected chi connectivity index (χ3v) is 8.07. The summed E-state index contributed by atoms with van der Waals surface area (Å²) in [5.41, 5.74) is 2.03. The van der Waals surface area contributed by atoms with Crippen molar-refractivity contribution in [3.05, 3.63) is 65.5 Å². The van der Waals surface area contributed by atoms with Crippen LogP contribution in [0.25, 0.3) is 16.3 Å². The molecule has 0 bridgehead atoms. The van der Waals surface area contributed by atoms with E-state index < -0.39 is 17.6 Å². The van der Waals surface area contributed by atoms with E-state index in [-0.39, 0.29) is 11.3 Å². The van der Waals surface area contributed by atoms with Crippen LogP contribution in [0, 0.1) is 6.92 Å². The first kappa shape index (κ1) is 29.5. The van der Waals surface area contributed by atoms with Gasteiger partial charge in [-0.3, -0.25) is 9.69 Å². The minimum atomic E-state index is -4.57. The summed E-state index contributed by atoms with van der Waals surface area (Å²) in [4.78, 5) is 22.5. The molecule has 42 heavy (non-hydrogen) atoms. The van der Waals surface area contributed by atoms with E-state index in [0.29, 0.717) is 49.9 Å². The largest absolute Gasteiger partial charge is 0.416 e. The molecule has 2 N–H and O–H groups in total. The summed E-state index contributed by atoms with van der Waals surface area (Å²) >= 11 is 1.43. The molecule has 1 amide bonds. The monoisotopic (exact) mass is 600 g/mol. The molecule has 0 atom stereocenters. The second-order valence-corrected chi connectivity index (χ2v) is 10.9. The number of carbonyl (C=O) groups is 1. The van der Waals surface area contributed by atoms with Crippen molar-refractivity contribution in [3.8, 4) is 16.3 Å². The number of thiazole rings is 1. The molecule has 0 unspecified atom stereocenters. The first-order valence-corrected chi connectivity index (χ1v) is 14.1. The van der Waals surface area contributed by atoms with Crippen molar-refractivity contribution >= 4 is 33.8 Å². The zero-order valence-electron chi connectivity index (χ0n) is 23.4. The summed E-state index contributed by atoms with van der Waals surface area (Å²) in [6.45, 7) is 5.79. The van der Waals surface area contributed by atoms with Gasteiger partial charge in [-0.05, 0) is 42.8 Å². The zero-order chi connectivity index (χ0) is 29.9. The highest BCUT2D eigenvalue weighted by Gasteiger charge is 2.32. The lowest BCUT2D eigenvalue weighted by Gasteiger charge is -2.36. The topological polar surface area (TPSA) is 100 Å². The third-order valence-electron chi connectivity index (χ3n) is 7.04. The summed E-state index contributed by atoms with van der Waals surface area (Å²) in [5, 5.41) is 14.9. The number of alkyl halides is 3. The van der Waals surface area contributed by atoms with Gasteiger partial charge in [0.05, 0.1) is 28.9 Å². The van der Waals surface area contributed by atoms with Gasteiger partial charge in [-0.15, -0.1) is 5.10 Å². The van der Waals surface area contributed by atoms with Gasteiger partial charge in [-0.1, -0.05) is 22.6 Å². The van der Waals surface area contributed by atoms with E-state index in [1.807, 2.05) is 11.8 Å². The highest BCUT2D eigenvalue weighted by Crippen LogP contribution is 2.35. The van der Waals surface area contributed by atoms with Crippen molar-refractivity contribution in [2.24, 2.45) is 0 Å². The lowest BCUT2D eigenvalue weighted by Crippen LogP contribution is -2.47. The summed E-state index contributed by atoms with van der Waals surface area (Å²) in [6.07, 6.45) is -1.12. The number of halogens is 3. The Bertz CT molecular complexity index is 1550. The molecule has 5 rings (SSSR count). The molecule has 0 aliphatic carbocycles. The molecule has 3 heterocycles. The normalized spacial score (nSPS) is 14.3. The van der Waals surface area contributed by atoms with E-state index in [2.05, 4.69) is 30.8 Å². The number of ether oxygens (including phenoxy) is 1. The van der Waals surface area contributed by atoms with Crippen LogP contribution in [0.2, 0.25) is 0 Å². The highest BCUT2D eigenvalue weighted by atomic mass is 32.1. The van der Waals surface area contributed by atoms with Crippen LogP contribution in [0.4, 0.5) is 29.7 Å². The number of hydrogen-bond donors (Lipinski definition) is 2. The van der Waals surface area contributed by atoms with Gasteiger partial charge in [0.15, 0.2) is 5.13 Å². The van der Waals surface area contributed by atoms with Crippen molar-refractivity contribution in [1.29, 1.82) is 0 Å². The van der Waals surface area contributed by atoms with Gasteiger partial charge in [-0.25, -0.2) is 9.67 Å². The fraction of sp³-hybridized carbons (Fsp3) is 0.357. The lowest BCUT2D eigenvalue weighted by atomic mass is 10.1. The molecule has 222 valence electrons. The Morgan fingerprint density at radius 2 is 1.90 bits per heavy atom. The minimum Gasteiger partial charge on any atom is -0.383 e. The lowest BCUT2D eigenvalue weighted by molar-refractivity contribution is -0.137. The predicted octanol–water partition coefficient (Wildman–Crippen LogP) is 4.78. The SMILES string of the molecule is CNc1ncc(-c2cn(-c3cc(C(=O)Nc4cc(N5CCN(CCOC)CC5)cc(C(F)(F)F)c4)ccc3C)nn2)s1. The smallest absolute Gasteiger partial charge is 0.383 e. The highest BCUT2D eigenvalue weighted by molar-refractivity contribution is 7.18. The summed E-state index contributed by atoms with van der Waals surface area (Å²) in [5.74, 6) is -0.535. The Hall–Kier alpha value is -4.01. The van der Waals surface area contributed by atoms with Gasteiger partial charge in [0.25, 0.3) is 5.91 Å². The van der Waals surface area contributed by atoms with Gasteiger partial charge >= 0.3 is 6.18 Å². The molecule has 0 saturated carbocycles. The van der Waals surface area contributed by atoms with E-state index >= 15 is 0 Å². The Labute approximate surface area is 245 Å². The quantitative estimate of drug-likeness (QED) is 0.283. The van der Waals surface area contributed by atoms with Crippen molar-refractivity contribution in [1.82, 2.24) is 24.9 Å². The van der Waals surface area contributed by atoms with Crippen LogP contribution >= 0.6 is 11.3 Å². The van der Waals surface area contributed by atoms with Crippen molar-refractivity contribution in [2.75, 3.05) is 69.0 Å². The van der Waals surface area contributed by atoms with E-state index in [0.717, 1.165) is 34.2 Å². The van der Waals surface area contributed by atoms with E-state index in [4.69, 9.17) is 4.74 Å². The minimum absolute atomic E-state index is 0.0716. The van der Waals surface area contributed by atoms with Crippen LogP contribution in [-0.2, 0) is 10.9 Å². The number of amides is 1. The second kappa shape index (κ2) is 12.5. The molecule has 14 heteroatoms. The number of nitrogens with zero attached hydrogens (tertiary/aromatic N) is 6. The maximum absolute atomic E-state index is 13.8. The average molecular weight is 601 g/mol. The molecule has 0 radical (unpaired) electrons. The van der Waals surface area contributed by atoms with Crippen LogP contribution in [0.3, 0.4) is 0 Å². The zero-order valence-corrected chi connectivity index (χ0v) is 24.2. The predicted molar refractivity (Wildman–Crippen MR) is 157 cm³/mol. The fourth-order valence-corrected chi connectivity index (χ4v) is 5.40. The Morgan fingerprint density at radius 3 is 2.60 bits per heavy atom. The number of anilines is 3. The number of aryl methyl sites for hydroxylation is 1. The number of carbonyl (C=O) groups excluding carboxylic acids is 1. The number of rotatable bonds is 9. The van der Waals surface area contributed by atoms with Crippen LogP contribution in [0.1, 0.15) is 21.5 Å². The number of piperazine rings is 1. The van der Waals surface area contributed by atoms with E-state index in [1.165, 1.54) is 11.3 Å². The molecule has 1 saturated heterocycles. The van der Waals surface area contributed by atoms with Gasteiger partial charge in [0.2, 0.25) is 0 Å². The molecule has 1 fully saturated rings. The molecule has 2 aromatic carbocycles. The number of nitrogens with one attached hydrogen (secondary N) is 2. The second-order valence-electron chi connectivity index (χ2n) is 9.87.